The van der Waals surface area contributed by atoms with Crippen LogP contribution < -0.4 is 5.32 Å². The van der Waals surface area contributed by atoms with Gasteiger partial charge in [0, 0.05) is 6.07 Å². The fourth-order valence-electron chi connectivity index (χ4n) is 1.60. The molecular formula is C12H18BrNO3. The normalized spacial score (nSPS) is 13.5. The Bertz CT molecular complexity index is 381. The van der Waals surface area contributed by atoms with Crippen LogP contribution in [0.25, 0.3) is 0 Å². The number of aliphatic hydroxyl groups excluding tert-OH is 1. The van der Waals surface area contributed by atoms with Crippen LogP contribution in [0.4, 0.5) is 0 Å². The Hall–Kier alpha value is -0.810. The summed E-state index contributed by atoms with van der Waals surface area (Å²) in [6.07, 6.45) is 2.10. The van der Waals surface area contributed by atoms with E-state index in [0.29, 0.717) is 16.7 Å². The molecule has 4 nitrogen and oxygen atoms in total. The molecule has 0 bridgehead atoms. The van der Waals surface area contributed by atoms with Crippen molar-refractivity contribution < 1.29 is 14.3 Å². The van der Waals surface area contributed by atoms with Crippen molar-refractivity contribution in [3.05, 3.63) is 22.6 Å². The molecule has 2 N–H and O–H groups in total. The van der Waals surface area contributed by atoms with Crippen LogP contribution >= 0.6 is 15.9 Å². The summed E-state index contributed by atoms with van der Waals surface area (Å²) in [5.74, 6) is -0.234. The standard InChI is InChI=1S/C12H18BrNO3/c1-12(2,3)5-9(6-15)14-11(16)8-4-10(13)17-7-8/h4,7,9,15H,5-6H2,1-3H3,(H,14,16). The number of carbonyl (C=O) groups excluding carboxylic acids is 1. The number of hydrogen-bond acceptors (Lipinski definition) is 3. The first-order valence-electron chi connectivity index (χ1n) is 5.47. The molecule has 0 fully saturated rings. The molecule has 0 radical (unpaired) electrons. The Morgan fingerprint density at radius 1 is 1.59 bits per heavy atom. The van der Waals surface area contributed by atoms with E-state index in [4.69, 9.17) is 4.42 Å². The van der Waals surface area contributed by atoms with Crippen LogP contribution in [0.1, 0.15) is 37.6 Å². The van der Waals surface area contributed by atoms with Gasteiger partial charge < -0.3 is 14.8 Å². The highest BCUT2D eigenvalue weighted by Crippen LogP contribution is 2.21. The maximum absolute atomic E-state index is 11.8. The Morgan fingerprint density at radius 3 is 2.65 bits per heavy atom. The zero-order valence-corrected chi connectivity index (χ0v) is 11.9. The van der Waals surface area contributed by atoms with E-state index >= 15 is 0 Å². The summed E-state index contributed by atoms with van der Waals surface area (Å²) < 4.78 is 5.51. The lowest BCUT2D eigenvalue weighted by molar-refractivity contribution is 0.0897. The van der Waals surface area contributed by atoms with Crippen molar-refractivity contribution >= 4 is 21.8 Å². The molecule has 96 valence electrons. The molecule has 0 aliphatic rings. The van der Waals surface area contributed by atoms with E-state index < -0.39 is 0 Å². The van der Waals surface area contributed by atoms with Crippen LogP contribution in [-0.2, 0) is 0 Å². The monoisotopic (exact) mass is 303 g/mol. The van der Waals surface area contributed by atoms with Gasteiger partial charge in [0.1, 0.15) is 6.26 Å². The van der Waals surface area contributed by atoms with Crippen molar-refractivity contribution in [1.82, 2.24) is 5.32 Å². The first-order valence-corrected chi connectivity index (χ1v) is 6.27. The second-order valence-electron chi connectivity index (χ2n) is 5.26. The highest BCUT2D eigenvalue weighted by atomic mass is 79.9. The third-order valence-electron chi connectivity index (χ3n) is 2.24. The zero-order chi connectivity index (χ0) is 13.1. The summed E-state index contributed by atoms with van der Waals surface area (Å²) in [6.45, 7) is 6.13. The maximum Gasteiger partial charge on any atom is 0.254 e. The molecule has 1 amide bonds. The number of hydrogen-bond donors (Lipinski definition) is 2. The van der Waals surface area contributed by atoms with Crippen molar-refractivity contribution in [1.29, 1.82) is 0 Å². The van der Waals surface area contributed by atoms with E-state index in [1.807, 2.05) is 0 Å². The molecule has 5 heteroatoms. The van der Waals surface area contributed by atoms with Gasteiger partial charge in [-0.1, -0.05) is 20.8 Å². The Morgan fingerprint density at radius 2 is 2.24 bits per heavy atom. The van der Waals surface area contributed by atoms with Crippen molar-refractivity contribution in [3.63, 3.8) is 0 Å². The minimum atomic E-state index is -0.240. The van der Waals surface area contributed by atoms with Crippen LogP contribution in [0, 0.1) is 5.41 Å². The molecular weight excluding hydrogens is 286 g/mol. The van der Waals surface area contributed by atoms with Crippen molar-refractivity contribution in [2.24, 2.45) is 5.41 Å². The van der Waals surface area contributed by atoms with Gasteiger partial charge in [-0.3, -0.25) is 4.79 Å². The molecule has 0 aliphatic heterocycles. The first-order chi connectivity index (χ1) is 7.81. The van der Waals surface area contributed by atoms with Crippen LogP contribution in [0.15, 0.2) is 21.4 Å². The Kier molecular flexibility index (Phi) is 4.77. The summed E-state index contributed by atoms with van der Waals surface area (Å²) >= 11 is 3.14. The number of furan rings is 1. The zero-order valence-electron chi connectivity index (χ0n) is 10.3. The van der Waals surface area contributed by atoms with E-state index in [0.717, 1.165) is 0 Å². The van der Waals surface area contributed by atoms with Gasteiger partial charge in [-0.2, -0.15) is 0 Å². The Labute approximate surface area is 110 Å². The number of rotatable bonds is 4. The van der Waals surface area contributed by atoms with Gasteiger partial charge in [0.2, 0.25) is 0 Å². The molecule has 0 spiro atoms. The van der Waals surface area contributed by atoms with Gasteiger partial charge >= 0.3 is 0 Å². The molecule has 1 heterocycles. The fourth-order valence-corrected chi connectivity index (χ4v) is 1.94. The van der Waals surface area contributed by atoms with Crippen molar-refractivity contribution in [3.8, 4) is 0 Å². The number of carbonyl (C=O) groups is 1. The second-order valence-corrected chi connectivity index (χ2v) is 6.04. The summed E-state index contributed by atoms with van der Waals surface area (Å²) in [7, 11) is 0. The van der Waals surface area contributed by atoms with Crippen LogP contribution in [0.2, 0.25) is 0 Å². The average molecular weight is 304 g/mol. The molecule has 0 saturated heterocycles. The van der Waals surface area contributed by atoms with Crippen molar-refractivity contribution in [2.45, 2.75) is 33.2 Å². The lowest BCUT2D eigenvalue weighted by Crippen LogP contribution is -2.39. The largest absolute Gasteiger partial charge is 0.457 e. The number of amides is 1. The van der Waals surface area contributed by atoms with Gasteiger partial charge in [0.15, 0.2) is 4.67 Å². The summed E-state index contributed by atoms with van der Waals surface area (Å²) in [4.78, 5) is 11.8. The Balaban J connectivity index is 2.60. The quantitative estimate of drug-likeness (QED) is 0.898. The van der Waals surface area contributed by atoms with Gasteiger partial charge in [-0.25, -0.2) is 0 Å². The lowest BCUT2D eigenvalue weighted by atomic mass is 9.88. The fraction of sp³-hybridized carbons (Fsp3) is 0.583. The SMILES string of the molecule is CC(C)(C)CC(CO)NC(=O)c1coc(Br)c1. The van der Waals surface area contributed by atoms with Gasteiger partial charge in [0.25, 0.3) is 5.91 Å². The highest BCUT2D eigenvalue weighted by molar-refractivity contribution is 9.10. The minimum Gasteiger partial charge on any atom is -0.457 e. The first kappa shape index (κ1) is 14.3. The maximum atomic E-state index is 11.8. The molecule has 0 aliphatic carbocycles. The molecule has 0 saturated carbocycles. The summed E-state index contributed by atoms with van der Waals surface area (Å²) in [5, 5.41) is 12.0. The average Bonchev–Trinajstić information content (AvgIpc) is 2.61. The molecule has 0 aromatic carbocycles. The van der Waals surface area contributed by atoms with Crippen LogP contribution in [-0.4, -0.2) is 23.7 Å². The van der Waals surface area contributed by atoms with Crippen LogP contribution in [0.3, 0.4) is 0 Å². The molecule has 1 aromatic heterocycles. The van der Waals surface area contributed by atoms with Gasteiger partial charge in [-0.05, 0) is 27.8 Å². The summed E-state index contributed by atoms with van der Waals surface area (Å²) in [5.41, 5.74) is 0.502. The molecule has 1 aromatic rings. The minimum absolute atomic E-state index is 0.0532. The number of aliphatic hydroxyl groups is 1. The molecule has 17 heavy (non-hydrogen) atoms. The number of halogens is 1. The second kappa shape index (κ2) is 5.69. The molecule has 1 atom stereocenters. The highest BCUT2D eigenvalue weighted by Gasteiger charge is 2.20. The third-order valence-corrected chi connectivity index (χ3v) is 2.66. The topological polar surface area (TPSA) is 62.5 Å². The van der Waals surface area contributed by atoms with Gasteiger partial charge in [0.05, 0.1) is 18.2 Å². The van der Waals surface area contributed by atoms with E-state index in [9.17, 15) is 9.90 Å². The lowest BCUT2D eigenvalue weighted by Gasteiger charge is -2.25. The summed E-state index contributed by atoms with van der Waals surface area (Å²) in [6, 6.07) is 1.36. The number of nitrogens with one attached hydrogen (secondary N) is 1. The van der Waals surface area contributed by atoms with Gasteiger partial charge in [-0.15, -0.1) is 0 Å². The van der Waals surface area contributed by atoms with E-state index in [-0.39, 0.29) is 24.0 Å². The predicted molar refractivity (Wildman–Crippen MR) is 68.8 cm³/mol. The van der Waals surface area contributed by atoms with E-state index in [1.165, 1.54) is 6.26 Å². The predicted octanol–water partition coefficient (Wildman–Crippen LogP) is 2.57. The van der Waals surface area contributed by atoms with Crippen LogP contribution in [0.5, 0.6) is 0 Å². The van der Waals surface area contributed by atoms with E-state index in [2.05, 4.69) is 42.0 Å². The molecule has 1 rings (SSSR count). The van der Waals surface area contributed by atoms with Crippen molar-refractivity contribution in [2.75, 3.05) is 6.61 Å². The smallest absolute Gasteiger partial charge is 0.254 e. The molecule has 1 unspecified atom stereocenters. The van der Waals surface area contributed by atoms with E-state index in [1.54, 1.807) is 6.07 Å². The third kappa shape index (κ3) is 4.91.